The van der Waals surface area contributed by atoms with E-state index in [1.165, 1.54) is 12.8 Å². The topological polar surface area (TPSA) is 20.2 Å². The van der Waals surface area contributed by atoms with Crippen LogP contribution in [0, 0.1) is 11.8 Å². The van der Waals surface area contributed by atoms with Crippen molar-refractivity contribution in [2.45, 2.75) is 45.6 Å². The van der Waals surface area contributed by atoms with Crippen LogP contribution in [0.4, 0.5) is 0 Å². The Hall–Kier alpha value is -0.480. The van der Waals surface area contributed by atoms with Crippen molar-refractivity contribution < 1.29 is 5.11 Å². The Kier molecular flexibility index (Phi) is 6.32. The molecule has 0 saturated heterocycles. The van der Waals surface area contributed by atoms with Crippen molar-refractivity contribution >= 4 is 0 Å². The molecule has 0 fully saturated rings. The maximum Gasteiger partial charge on any atom is 0.0621 e. The zero-order valence-electron chi connectivity index (χ0n) is 6.85. The highest BCUT2D eigenvalue weighted by Gasteiger charge is 1.86. The molecule has 10 heavy (non-hydrogen) atoms. The molecule has 1 heteroatoms. The SMILES string of the molecule is CCCCC#CC[C@@H](C)O. The van der Waals surface area contributed by atoms with E-state index >= 15 is 0 Å². The van der Waals surface area contributed by atoms with Crippen LogP contribution in [0.2, 0.25) is 0 Å². The molecule has 0 aliphatic carbocycles. The lowest BCUT2D eigenvalue weighted by molar-refractivity contribution is 0.201. The van der Waals surface area contributed by atoms with Gasteiger partial charge in [0, 0.05) is 12.8 Å². The van der Waals surface area contributed by atoms with Crippen molar-refractivity contribution in [2.24, 2.45) is 0 Å². The van der Waals surface area contributed by atoms with E-state index in [4.69, 9.17) is 5.11 Å². The molecule has 0 spiro atoms. The van der Waals surface area contributed by atoms with Crippen molar-refractivity contribution in [3.8, 4) is 11.8 Å². The zero-order valence-corrected chi connectivity index (χ0v) is 6.85. The fraction of sp³-hybridized carbons (Fsp3) is 0.778. The molecule has 0 aliphatic heterocycles. The number of hydrogen-bond donors (Lipinski definition) is 1. The summed E-state index contributed by atoms with van der Waals surface area (Å²) in [4.78, 5) is 0. The van der Waals surface area contributed by atoms with Crippen molar-refractivity contribution in [1.29, 1.82) is 0 Å². The molecule has 0 radical (unpaired) electrons. The number of aliphatic hydroxyl groups is 1. The maximum atomic E-state index is 8.81. The molecule has 0 rings (SSSR count). The van der Waals surface area contributed by atoms with Gasteiger partial charge in [-0.2, -0.15) is 0 Å². The number of rotatable bonds is 3. The first-order chi connectivity index (χ1) is 4.77. The lowest BCUT2D eigenvalue weighted by Crippen LogP contribution is -1.95. The summed E-state index contributed by atoms with van der Waals surface area (Å²) in [5, 5.41) is 8.81. The van der Waals surface area contributed by atoms with Crippen LogP contribution in [0.25, 0.3) is 0 Å². The van der Waals surface area contributed by atoms with Gasteiger partial charge in [0.15, 0.2) is 0 Å². The minimum atomic E-state index is -0.269. The van der Waals surface area contributed by atoms with Gasteiger partial charge in [-0.05, 0) is 13.3 Å². The maximum absolute atomic E-state index is 8.81. The van der Waals surface area contributed by atoms with Crippen LogP contribution < -0.4 is 0 Å². The van der Waals surface area contributed by atoms with Crippen molar-refractivity contribution in [3.63, 3.8) is 0 Å². The molecule has 0 aromatic rings. The minimum absolute atomic E-state index is 0.269. The van der Waals surface area contributed by atoms with Gasteiger partial charge in [0.25, 0.3) is 0 Å². The molecule has 0 aromatic heterocycles. The lowest BCUT2D eigenvalue weighted by Gasteiger charge is -1.92. The molecule has 0 heterocycles. The van der Waals surface area contributed by atoms with Crippen molar-refractivity contribution in [2.75, 3.05) is 0 Å². The standard InChI is InChI=1S/C9H16O/c1-3-4-5-6-7-8-9(2)10/h9-10H,3-5,8H2,1-2H3/t9-/m1/s1. The third kappa shape index (κ3) is 7.52. The first-order valence-corrected chi connectivity index (χ1v) is 3.91. The van der Waals surface area contributed by atoms with Crippen molar-refractivity contribution in [1.82, 2.24) is 0 Å². The normalized spacial score (nSPS) is 11.9. The van der Waals surface area contributed by atoms with E-state index in [0.717, 1.165) is 6.42 Å². The van der Waals surface area contributed by atoms with E-state index in [9.17, 15) is 0 Å². The Morgan fingerprint density at radius 2 is 2.10 bits per heavy atom. The third-order valence-corrected chi connectivity index (χ3v) is 1.18. The van der Waals surface area contributed by atoms with E-state index in [1.807, 2.05) is 0 Å². The Morgan fingerprint density at radius 1 is 1.40 bits per heavy atom. The molecule has 1 nitrogen and oxygen atoms in total. The molecule has 1 N–H and O–H groups in total. The first kappa shape index (κ1) is 9.52. The molecular formula is C9H16O. The summed E-state index contributed by atoms with van der Waals surface area (Å²) in [6.45, 7) is 3.91. The smallest absolute Gasteiger partial charge is 0.0621 e. The van der Waals surface area contributed by atoms with Gasteiger partial charge >= 0.3 is 0 Å². The molecule has 0 aromatic carbocycles. The fourth-order valence-corrected chi connectivity index (χ4v) is 0.573. The minimum Gasteiger partial charge on any atom is -0.392 e. The van der Waals surface area contributed by atoms with Gasteiger partial charge in [-0.15, -0.1) is 11.8 Å². The van der Waals surface area contributed by atoms with Gasteiger partial charge in [0.2, 0.25) is 0 Å². The molecule has 0 unspecified atom stereocenters. The van der Waals surface area contributed by atoms with E-state index in [2.05, 4.69) is 18.8 Å². The summed E-state index contributed by atoms with van der Waals surface area (Å²) < 4.78 is 0. The molecule has 1 atom stereocenters. The highest BCUT2D eigenvalue weighted by Crippen LogP contribution is 1.91. The van der Waals surface area contributed by atoms with E-state index in [-0.39, 0.29) is 6.10 Å². The van der Waals surface area contributed by atoms with Crippen LogP contribution in [0.3, 0.4) is 0 Å². The van der Waals surface area contributed by atoms with Crippen molar-refractivity contribution in [3.05, 3.63) is 0 Å². The Labute approximate surface area is 63.5 Å². The van der Waals surface area contributed by atoms with Crippen LogP contribution in [-0.2, 0) is 0 Å². The molecule has 0 bridgehead atoms. The van der Waals surface area contributed by atoms with E-state index in [1.54, 1.807) is 6.92 Å². The van der Waals surface area contributed by atoms with E-state index < -0.39 is 0 Å². The monoisotopic (exact) mass is 140 g/mol. The number of aliphatic hydroxyl groups excluding tert-OH is 1. The Bertz CT molecular complexity index is 116. The van der Waals surface area contributed by atoms with Crippen LogP contribution in [-0.4, -0.2) is 11.2 Å². The summed E-state index contributed by atoms with van der Waals surface area (Å²) >= 11 is 0. The van der Waals surface area contributed by atoms with Crippen LogP contribution >= 0.6 is 0 Å². The van der Waals surface area contributed by atoms with Crippen LogP contribution in [0.15, 0.2) is 0 Å². The van der Waals surface area contributed by atoms with Crippen LogP contribution in [0.5, 0.6) is 0 Å². The summed E-state index contributed by atoms with van der Waals surface area (Å²) in [5.41, 5.74) is 0. The summed E-state index contributed by atoms with van der Waals surface area (Å²) in [6, 6.07) is 0. The lowest BCUT2D eigenvalue weighted by atomic mass is 10.2. The molecule has 0 aliphatic rings. The van der Waals surface area contributed by atoms with Gasteiger partial charge in [-0.1, -0.05) is 13.3 Å². The predicted octanol–water partition coefficient (Wildman–Crippen LogP) is 1.95. The highest BCUT2D eigenvalue weighted by atomic mass is 16.3. The molecule has 58 valence electrons. The van der Waals surface area contributed by atoms with Gasteiger partial charge in [-0.25, -0.2) is 0 Å². The Morgan fingerprint density at radius 3 is 2.60 bits per heavy atom. The second kappa shape index (κ2) is 6.64. The second-order valence-electron chi connectivity index (χ2n) is 2.51. The van der Waals surface area contributed by atoms with Gasteiger partial charge in [0.05, 0.1) is 6.10 Å². The van der Waals surface area contributed by atoms with Gasteiger partial charge < -0.3 is 5.11 Å². The molecule has 0 saturated carbocycles. The van der Waals surface area contributed by atoms with Gasteiger partial charge in [0.1, 0.15) is 0 Å². The van der Waals surface area contributed by atoms with E-state index in [0.29, 0.717) is 6.42 Å². The molecule has 0 amide bonds. The van der Waals surface area contributed by atoms with Crippen LogP contribution in [0.1, 0.15) is 39.5 Å². The Balaban J connectivity index is 3.14. The zero-order chi connectivity index (χ0) is 7.82. The fourth-order valence-electron chi connectivity index (χ4n) is 0.573. The quantitative estimate of drug-likeness (QED) is 0.469. The molecular weight excluding hydrogens is 124 g/mol. The predicted molar refractivity (Wildman–Crippen MR) is 43.6 cm³/mol. The third-order valence-electron chi connectivity index (χ3n) is 1.18. The summed E-state index contributed by atoms with van der Waals surface area (Å²) in [5.74, 6) is 5.93. The largest absolute Gasteiger partial charge is 0.392 e. The average molecular weight is 140 g/mol. The number of unbranched alkanes of at least 4 members (excludes halogenated alkanes) is 2. The van der Waals surface area contributed by atoms with Gasteiger partial charge in [-0.3, -0.25) is 0 Å². The first-order valence-electron chi connectivity index (χ1n) is 3.91. The summed E-state index contributed by atoms with van der Waals surface area (Å²) in [7, 11) is 0. The average Bonchev–Trinajstić information content (AvgIpc) is 1.87. The summed E-state index contributed by atoms with van der Waals surface area (Å²) in [6.07, 6.45) is 3.69. The number of hydrogen-bond acceptors (Lipinski definition) is 1. The highest BCUT2D eigenvalue weighted by molar-refractivity contribution is 4.99. The second-order valence-corrected chi connectivity index (χ2v) is 2.51.